The highest BCUT2D eigenvalue weighted by molar-refractivity contribution is 9.10. The molecule has 0 aliphatic carbocycles. The summed E-state index contributed by atoms with van der Waals surface area (Å²) >= 11 is 3.36. The van der Waals surface area contributed by atoms with E-state index in [2.05, 4.69) is 26.2 Å². The Bertz CT molecular complexity index is 698. The maximum absolute atomic E-state index is 12.1. The molecule has 0 saturated carbocycles. The summed E-state index contributed by atoms with van der Waals surface area (Å²) in [6, 6.07) is 17.1. The Morgan fingerprint density at radius 3 is 2.53 bits per heavy atom. The number of benzene rings is 2. The lowest BCUT2D eigenvalue weighted by atomic mass is 10.2. The van der Waals surface area contributed by atoms with Gasteiger partial charge in [-0.2, -0.15) is 0 Å². The first-order chi connectivity index (χ1) is 9.22. The highest BCUT2D eigenvalue weighted by Crippen LogP contribution is 2.17. The Labute approximate surface area is 118 Å². The highest BCUT2D eigenvalue weighted by atomic mass is 79.9. The van der Waals surface area contributed by atoms with E-state index in [0.717, 1.165) is 21.1 Å². The number of hydrogen-bond acceptors (Lipinski definition) is 1. The third-order valence-corrected chi connectivity index (χ3v) is 3.41. The van der Waals surface area contributed by atoms with E-state index in [1.165, 1.54) is 0 Å². The van der Waals surface area contributed by atoms with Crippen molar-refractivity contribution < 1.29 is 4.79 Å². The van der Waals surface area contributed by atoms with Gasteiger partial charge in [-0.05, 0) is 36.4 Å². The molecule has 0 atom stereocenters. The second-order valence-electron chi connectivity index (χ2n) is 4.23. The predicted octanol–water partition coefficient (Wildman–Crippen LogP) is 4.18. The summed E-state index contributed by atoms with van der Waals surface area (Å²) in [5, 5.41) is 3.89. The second kappa shape index (κ2) is 4.90. The maximum atomic E-state index is 12.1. The Morgan fingerprint density at radius 2 is 1.79 bits per heavy atom. The van der Waals surface area contributed by atoms with Crippen LogP contribution in [0.2, 0.25) is 0 Å². The molecular formula is C15H11BrN2O. The third-order valence-electron chi connectivity index (χ3n) is 2.88. The van der Waals surface area contributed by atoms with Crippen LogP contribution in [0.3, 0.4) is 0 Å². The third kappa shape index (κ3) is 2.53. The number of halogens is 1. The Morgan fingerprint density at radius 1 is 1.05 bits per heavy atom. The number of rotatable bonds is 2. The van der Waals surface area contributed by atoms with E-state index in [9.17, 15) is 4.79 Å². The highest BCUT2D eigenvalue weighted by Gasteiger charge is 2.09. The molecule has 0 unspecified atom stereocenters. The predicted molar refractivity (Wildman–Crippen MR) is 80.4 cm³/mol. The van der Waals surface area contributed by atoms with Crippen LogP contribution in [0.5, 0.6) is 0 Å². The molecule has 0 bridgehead atoms. The molecule has 3 rings (SSSR count). The number of nitrogens with one attached hydrogen (secondary N) is 2. The summed E-state index contributed by atoms with van der Waals surface area (Å²) in [7, 11) is 0. The largest absolute Gasteiger partial charge is 0.351 e. The van der Waals surface area contributed by atoms with Crippen molar-refractivity contribution in [1.29, 1.82) is 0 Å². The standard InChI is InChI=1S/C15H11BrN2O/c16-11-5-7-12(8-6-11)17-15(19)14-9-10-3-1-2-4-13(10)18-14/h1-9,18H,(H,17,19). The van der Waals surface area contributed by atoms with E-state index in [1.807, 2.05) is 54.6 Å². The molecule has 0 aliphatic rings. The van der Waals surface area contributed by atoms with Crippen LogP contribution < -0.4 is 5.32 Å². The molecule has 0 fully saturated rings. The molecule has 94 valence electrons. The number of para-hydroxylation sites is 1. The number of H-pyrrole nitrogens is 1. The average molecular weight is 315 g/mol. The van der Waals surface area contributed by atoms with Gasteiger partial charge in [-0.25, -0.2) is 0 Å². The smallest absolute Gasteiger partial charge is 0.272 e. The van der Waals surface area contributed by atoms with Crippen molar-refractivity contribution in [1.82, 2.24) is 4.98 Å². The number of carbonyl (C=O) groups is 1. The van der Waals surface area contributed by atoms with Crippen molar-refractivity contribution in [3.8, 4) is 0 Å². The van der Waals surface area contributed by atoms with Gasteiger partial charge in [0.1, 0.15) is 5.69 Å². The molecule has 1 heterocycles. The van der Waals surface area contributed by atoms with E-state index in [0.29, 0.717) is 5.69 Å². The molecule has 19 heavy (non-hydrogen) atoms. The van der Waals surface area contributed by atoms with Crippen LogP contribution in [-0.4, -0.2) is 10.9 Å². The molecule has 2 aromatic carbocycles. The van der Waals surface area contributed by atoms with Crippen molar-refractivity contribution in [2.24, 2.45) is 0 Å². The Kier molecular flexibility index (Phi) is 3.09. The Balaban J connectivity index is 1.85. The first kappa shape index (κ1) is 12.0. The van der Waals surface area contributed by atoms with Crippen LogP contribution in [0.4, 0.5) is 5.69 Å². The number of anilines is 1. The summed E-state index contributed by atoms with van der Waals surface area (Å²) in [5.74, 6) is -0.140. The molecular weight excluding hydrogens is 304 g/mol. The topological polar surface area (TPSA) is 44.9 Å². The molecule has 3 nitrogen and oxygen atoms in total. The number of hydrogen-bond donors (Lipinski definition) is 2. The van der Waals surface area contributed by atoms with Crippen LogP contribution in [0.1, 0.15) is 10.5 Å². The molecule has 1 aromatic heterocycles. The molecule has 4 heteroatoms. The second-order valence-corrected chi connectivity index (χ2v) is 5.15. The van der Waals surface area contributed by atoms with Crippen LogP contribution >= 0.6 is 15.9 Å². The van der Waals surface area contributed by atoms with Gasteiger partial charge in [0, 0.05) is 21.1 Å². The molecule has 0 radical (unpaired) electrons. The number of amides is 1. The van der Waals surface area contributed by atoms with Gasteiger partial charge in [-0.3, -0.25) is 4.79 Å². The zero-order chi connectivity index (χ0) is 13.2. The summed E-state index contributed by atoms with van der Waals surface area (Å²) < 4.78 is 0.983. The van der Waals surface area contributed by atoms with Crippen molar-refractivity contribution in [3.05, 3.63) is 64.8 Å². The summed E-state index contributed by atoms with van der Waals surface area (Å²) in [5.41, 5.74) is 2.29. The average Bonchev–Trinajstić information content (AvgIpc) is 2.85. The maximum Gasteiger partial charge on any atom is 0.272 e. The van der Waals surface area contributed by atoms with Crippen molar-refractivity contribution >= 4 is 38.4 Å². The number of aromatic amines is 1. The Hall–Kier alpha value is -2.07. The van der Waals surface area contributed by atoms with Gasteiger partial charge < -0.3 is 10.3 Å². The minimum Gasteiger partial charge on any atom is -0.351 e. The minimum atomic E-state index is -0.140. The molecule has 2 N–H and O–H groups in total. The van der Waals surface area contributed by atoms with Gasteiger partial charge >= 0.3 is 0 Å². The monoisotopic (exact) mass is 314 g/mol. The van der Waals surface area contributed by atoms with Gasteiger partial charge in [-0.15, -0.1) is 0 Å². The number of fused-ring (bicyclic) bond motifs is 1. The van der Waals surface area contributed by atoms with E-state index in [-0.39, 0.29) is 5.91 Å². The molecule has 0 saturated heterocycles. The van der Waals surface area contributed by atoms with E-state index < -0.39 is 0 Å². The van der Waals surface area contributed by atoms with Crippen molar-refractivity contribution in [2.75, 3.05) is 5.32 Å². The van der Waals surface area contributed by atoms with E-state index in [1.54, 1.807) is 0 Å². The number of carbonyl (C=O) groups excluding carboxylic acids is 1. The first-order valence-electron chi connectivity index (χ1n) is 5.87. The molecule has 3 aromatic rings. The molecule has 0 spiro atoms. The van der Waals surface area contributed by atoms with Crippen molar-refractivity contribution in [2.45, 2.75) is 0 Å². The van der Waals surface area contributed by atoms with Crippen LogP contribution in [0.15, 0.2) is 59.1 Å². The lowest BCUT2D eigenvalue weighted by Gasteiger charge is -2.03. The fourth-order valence-corrected chi connectivity index (χ4v) is 2.19. The van der Waals surface area contributed by atoms with Crippen molar-refractivity contribution in [3.63, 3.8) is 0 Å². The zero-order valence-corrected chi connectivity index (χ0v) is 11.6. The fourth-order valence-electron chi connectivity index (χ4n) is 1.93. The summed E-state index contributed by atoms with van der Waals surface area (Å²) in [4.78, 5) is 15.2. The summed E-state index contributed by atoms with van der Waals surface area (Å²) in [6.07, 6.45) is 0. The van der Waals surface area contributed by atoms with Gasteiger partial charge in [0.05, 0.1) is 0 Å². The molecule has 0 aliphatic heterocycles. The zero-order valence-electron chi connectivity index (χ0n) is 9.98. The normalized spacial score (nSPS) is 10.6. The van der Waals surface area contributed by atoms with E-state index in [4.69, 9.17) is 0 Å². The van der Waals surface area contributed by atoms with Crippen LogP contribution in [0, 0.1) is 0 Å². The number of aromatic nitrogens is 1. The summed E-state index contributed by atoms with van der Waals surface area (Å²) in [6.45, 7) is 0. The van der Waals surface area contributed by atoms with Crippen LogP contribution in [0.25, 0.3) is 10.9 Å². The van der Waals surface area contributed by atoms with Gasteiger partial charge in [0.2, 0.25) is 0 Å². The lowest BCUT2D eigenvalue weighted by Crippen LogP contribution is -2.11. The van der Waals surface area contributed by atoms with Gasteiger partial charge in [0.25, 0.3) is 5.91 Å². The van der Waals surface area contributed by atoms with Gasteiger partial charge in [0.15, 0.2) is 0 Å². The van der Waals surface area contributed by atoms with Gasteiger partial charge in [-0.1, -0.05) is 34.1 Å². The quantitative estimate of drug-likeness (QED) is 0.732. The lowest BCUT2D eigenvalue weighted by molar-refractivity contribution is 0.102. The fraction of sp³-hybridized carbons (Fsp3) is 0. The SMILES string of the molecule is O=C(Nc1ccc(Br)cc1)c1cc2ccccc2[nH]1. The first-order valence-corrected chi connectivity index (χ1v) is 6.66. The minimum absolute atomic E-state index is 0.140. The van der Waals surface area contributed by atoms with E-state index >= 15 is 0 Å². The molecule has 1 amide bonds. The van der Waals surface area contributed by atoms with Crippen LogP contribution in [-0.2, 0) is 0 Å².